The summed E-state index contributed by atoms with van der Waals surface area (Å²) >= 11 is 0. The molecule has 1 unspecified atom stereocenters. The molecular weight excluding hydrogens is 250 g/mol. The van der Waals surface area contributed by atoms with Gasteiger partial charge in [0.25, 0.3) is 0 Å². The Morgan fingerprint density at radius 3 is 2.35 bits per heavy atom. The zero-order valence-corrected chi connectivity index (χ0v) is 12.3. The first-order chi connectivity index (χ1) is 9.66. The Morgan fingerprint density at radius 2 is 1.75 bits per heavy atom. The highest BCUT2D eigenvalue weighted by Gasteiger charge is 2.17. The van der Waals surface area contributed by atoms with Crippen LogP contribution in [-0.2, 0) is 4.79 Å². The number of hydrogen-bond donors (Lipinski definition) is 1. The molecule has 1 amide bonds. The van der Waals surface area contributed by atoms with Crippen LogP contribution < -0.4 is 0 Å². The van der Waals surface area contributed by atoms with E-state index in [0.29, 0.717) is 12.8 Å². The predicted octanol–water partition coefficient (Wildman–Crippen LogP) is 3.21. The van der Waals surface area contributed by atoms with Crippen LogP contribution in [-0.4, -0.2) is 29.0 Å². The van der Waals surface area contributed by atoms with Gasteiger partial charge in [-0.05, 0) is 31.7 Å². The SMILES string of the molecule is Cc1ccc(C(O)CCC(=O)N2CCCCCC2)cc1. The van der Waals surface area contributed by atoms with Crippen LogP contribution >= 0.6 is 0 Å². The van der Waals surface area contributed by atoms with E-state index >= 15 is 0 Å². The van der Waals surface area contributed by atoms with Crippen LogP contribution in [0.4, 0.5) is 0 Å². The molecule has 1 aliphatic heterocycles. The third-order valence-electron chi connectivity index (χ3n) is 4.05. The van der Waals surface area contributed by atoms with Gasteiger partial charge in [-0.1, -0.05) is 42.7 Å². The fraction of sp³-hybridized carbons (Fsp3) is 0.588. The lowest BCUT2D eigenvalue weighted by molar-refractivity contribution is -0.131. The maximum atomic E-state index is 12.2. The highest BCUT2D eigenvalue weighted by molar-refractivity contribution is 5.76. The summed E-state index contributed by atoms with van der Waals surface area (Å²) in [6, 6.07) is 7.87. The minimum absolute atomic E-state index is 0.193. The number of likely N-dealkylation sites (tertiary alicyclic amines) is 1. The number of carbonyl (C=O) groups is 1. The summed E-state index contributed by atoms with van der Waals surface area (Å²) in [5.74, 6) is 0.193. The molecule has 0 saturated carbocycles. The molecule has 3 heteroatoms. The normalized spacial score (nSPS) is 17.6. The number of rotatable bonds is 4. The first-order valence-corrected chi connectivity index (χ1v) is 7.69. The van der Waals surface area contributed by atoms with Crippen molar-refractivity contribution in [3.05, 3.63) is 35.4 Å². The lowest BCUT2D eigenvalue weighted by atomic mass is 10.0. The summed E-state index contributed by atoms with van der Waals surface area (Å²) < 4.78 is 0. The van der Waals surface area contributed by atoms with E-state index in [1.54, 1.807) is 0 Å². The summed E-state index contributed by atoms with van der Waals surface area (Å²) in [7, 11) is 0. The molecule has 1 aromatic rings. The second-order valence-electron chi connectivity index (χ2n) is 5.76. The van der Waals surface area contributed by atoms with Crippen molar-refractivity contribution in [3.8, 4) is 0 Å². The minimum atomic E-state index is -0.536. The molecule has 110 valence electrons. The molecule has 0 bridgehead atoms. The Labute approximate surface area is 121 Å². The van der Waals surface area contributed by atoms with Crippen molar-refractivity contribution in [1.82, 2.24) is 4.90 Å². The fourth-order valence-electron chi connectivity index (χ4n) is 2.69. The standard InChI is InChI=1S/C17H25NO2/c1-14-6-8-15(9-7-14)16(19)10-11-17(20)18-12-4-2-3-5-13-18/h6-9,16,19H,2-5,10-13H2,1H3. The van der Waals surface area contributed by atoms with Gasteiger partial charge in [0, 0.05) is 19.5 Å². The second-order valence-corrected chi connectivity index (χ2v) is 5.76. The van der Waals surface area contributed by atoms with Crippen molar-refractivity contribution in [1.29, 1.82) is 0 Å². The summed E-state index contributed by atoms with van der Waals surface area (Å²) in [6.07, 6.45) is 5.11. The van der Waals surface area contributed by atoms with Crippen LogP contribution in [0.1, 0.15) is 55.8 Å². The summed E-state index contributed by atoms with van der Waals surface area (Å²) in [4.78, 5) is 14.1. The van der Waals surface area contributed by atoms with E-state index in [4.69, 9.17) is 0 Å². The third-order valence-corrected chi connectivity index (χ3v) is 4.05. The Balaban J connectivity index is 1.81. The number of aliphatic hydroxyl groups excluding tert-OH is 1. The number of nitrogens with zero attached hydrogens (tertiary/aromatic N) is 1. The average molecular weight is 275 g/mol. The first-order valence-electron chi connectivity index (χ1n) is 7.69. The van der Waals surface area contributed by atoms with Crippen LogP contribution in [0.5, 0.6) is 0 Å². The largest absolute Gasteiger partial charge is 0.388 e. The Hall–Kier alpha value is -1.35. The summed E-state index contributed by atoms with van der Waals surface area (Å²) in [5, 5.41) is 10.1. The molecule has 2 rings (SSSR count). The molecule has 1 N–H and O–H groups in total. The first kappa shape index (κ1) is 15.0. The van der Waals surface area contributed by atoms with E-state index in [1.807, 2.05) is 36.1 Å². The zero-order valence-electron chi connectivity index (χ0n) is 12.3. The van der Waals surface area contributed by atoms with Gasteiger partial charge in [-0.2, -0.15) is 0 Å². The number of carbonyl (C=O) groups excluding carboxylic acids is 1. The van der Waals surface area contributed by atoms with Crippen molar-refractivity contribution >= 4 is 5.91 Å². The van der Waals surface area contributed by atoms with Crippen LogP contribution in [0, 0.1) is 6.92 Å². The average Bonchev–Trinajstić information content (AvgIpc) is 2.74. The van der Waals surface area contributed by atoms with Gasteiger partial charge in [0.1, 0.15) is 0 Å². The van der Waals surface area contributed by atoms with E-state index in [0.717, 1.165) is 31.5 Å². The molecule has 1 aliphatic rings. The number of benzene rings is 1. The number of aryl methyl sites for hydroxylation is 1. The number of aliphatic hydroxyl groups is 1. The topological polar surface area (TPSA) is 40.5 Å². The highest BCUT2D eigenvalue weighted by atomic mass is 16.3. The van der Waals surface area contributed by atoms with Gasteiger partial charge in [-0.15, -0.1) is 0 Å². The molecule has 1 aromatic carbocycles. The van der Waals surface area contributed by atoms with Gasteiger partial charge in [0.2, 0.25) is 5.91 Å². The lowest BCUT2D eigenvalue weighted by Crippen LogP contribution is -2.31. The van der Waals surface area contributed by atoms with E-state index in [1.165, 1.54) is 18.4 Å². The van der Waals surface area contributed by atoms with Crippen molar-refractivity contribution in [3.63, 3.8) is 0 Å². The third kappa shape index (κ3) is 4.34. The van der Waals surface area contributed by atoms with Gasteiger partial charge in [0.15, 0.2) is 0 Å². The molecule has 0 radical (unpaired) electrons. The smallest absolute Gasteiger partial charge is 0.222 e. The number of hydrogen-bond acceptors (Lipinski definition) is 2. The Morgan fingerprint density at radius 1 is 1.15 bits per heavy atom. The van der Waals surface area contributed by atoms with E-state index < -0.39 is 6.10 Å². The van der Waals surface area contributed by atoms with Crippen molar-refractivity contribution < 1.29 is 9.90 Å². The lowest BCUT2D eigenvalue weighted by Gasteiger charge is -2.21. The van der Waals surface area contributed by atoms with Gasteiger partial charge in [-0.25, -0.2) is 0 Å². The van der Waals surface area contributed by atoms with Gasteiger partial charge in [0.05, 0.1) is 6.10 Å². The second kappa shape index (κ2) is 7.44. The van der Waals surface area contributed by atoms with Crippen molar-refractivity contribution in [2.45, 2.75) is 51.6 Å². The molecule has 0 aromatic heterocycles. The molecule has 0 spiro atoms. The van der Waals surface area contributed by atoms with Crippen molar-refractivity contribution in [2.24, 2.45) is 0 Å². The molecule has 0 aliphatic carbocycles. The van der Waals surface area contributed by atoms with Gasteiger partial charge in [-0.3, -0.25) is 4.79 Å². The predicted molar refractivity (Wildman–Crippen MR) is 80.4 cm³/mol. The van der Waals surface area contributed by atoms with Gasteiger partial charge >= 0.3 is 0 Å². The molecule has 3 nitrogen and oxygen atoms in total. The van der Waals surface area contributed by atoms with Gasteiger partial charge < -0.3 is 10.0 Å². The Kier molecular flexibility index (Phi) is 5.60. The molecule has 1 fully saturated rings. The van der Waals surface area contributed by atoms with Crippen LogP contribution in [0.25, 0.3) is 0 Å². The molecule has 1 saturated heterocycles. The van der Waals surface area contributed by atoms with E-state index in [9.17, 15) is 9.90 Å². The van der Waals surface area contributed by atoms with Crippen LogP contribution in [0.3, 0.4) is 0 Å². The van der Waals surface area contributed by atoms with E-state index in [2.05, 4.69) is 0 Å². The highest BCUT2D eigenvalue weighted by Crippen LogP contribution is 2.20. The minimum Gasteiger partial charge on any atom is -0.388 e. The van der Waals surface area contributed by atoms with Crippen molar-refractivity contribution in [2.75, 3.05) is 13.1 Å². The molecular formula is C17H25NO2. The summed E-state index contributed by atoms with van der Waals surface area (Å²) in [6.45, 7) is 3.80. The zero-order chi connectivity index (χ0) is 14.4. The number of amides is 1. The monoisotopic (exact) mass is 275 g/mol. The van der Waals surface area contributed by atoms with E-state index in [-0.39, 0.29) is 5.91 Å². The molecule has 1 atom stereocenters. The van der Waals surface area contributed by atoms with Crippen LogP contribution in [0.15, 0.2) is 24.3 Å². The molecule has 1 heterocycles. The molecule has 20 heavy (non-hydrogen) atoms. The Bertz CT molecular complexity index is 419. The maximum Gasteiger partial charge on any atom is 0.222 e. The fourth-order valence-corrected chi connectivity index (χ4v) is 2.69. The quantitative estimate of drug-likeness (QED) is 0.916. The maximum absolute atomic E-state index is 12.2. The van der Waals surface area contributed by atoms with Crippen LogP contribution in [0.2, 0.25) is 0 Å². The summed E-state index contributed by atoms with van der Waals surface area (Å²) in [5.41, 5.74) is 2.08.